The van der Waals surface area contributed by atoms with Gasteiger partial charge in [-0.15, -0.1) is 23.7 Å². The Morgan fingerprint density at radius 2 is 2.09 bits per heavy atom. The molecule has 3 rings (SSSR count). The van der Waals surface area contributed by atoms with Gasteiger partial charge in [-0.25, -0.2) is 4.98 Å². The second kappa shape index (κ2) is 7.55. The number of halogens is 1. The summed E-state index contributed by atoms with van der Waals surface area (Å²) < 4.78 is 0. The smallest absolute Gasteiger partial charge is 0.123 e. The SMILES string of the molecule is Cc1ccc(-c2nc(CN3CCC(C(C)N)C3)cs2)cc1.Cl. The Hall–Kier alpha value is -0.940. The minimum absolute atomic E-state index is 0. The van der Waals surface area contributed by atoms with E-state index in [1.165, 1.54) is 23.2 Å². The van der Waals surface area contributed by atoms with Crippen molar-refractivity contribution in [2.75, 3.05) is 13.1 Å². The molecular weight excluding hydrogens is 314 g/mol. The third-order valence-corrected chi connectivity index (χ3v) is 5.23. The van der Waals surface area contributed by atoms with E-state index in [1.807, 2.05) is 0 Å². The first kappa shape index (κ1) is 17.4. The fraction of sp³-hybridized carbons (Fsp3) is 0.471. The summed E-state index contributed by atoms with van der Waals surface area (Å²) in [6.45, 7) is 7.43. The van der Waals surface area contributed by atoms with Gasteiger partial charge in [-0.1, -0.05) is 29.8 Å². The van der Waals surface area contributed by atoms with Crippen molar-refractivity contribution in [2.24, 2.45) is 11.7 Å². The number of aryl methyl sites for hydroxylation is 1. The number of rotatable bonds is 4. The average Bonchev–Trinajstić information content (AvgIpc) is 3.10. The molecule has 2 unspecified atom stereocenters. The zero-order valence-corrected chi connectivity index (χ0v) is 14.8. The van der Waals surface area contributed by atoms with Crippen LogP contribution in [0, 0.1) is 12.8 Å². The molecule has 1 aromatic heterocycles. The Labute approximate surface area is 143 Å². The quantitative estimate of drug-likeness (QED) is 0.924. The lowest BCUT2D eigenvalue weighted by atomic mass is 10.0. The second-order valence-electron chi connectivity index (χ2n) is 6.15. The van der Waals surface area contributed by atoms with Crippen molar-refractivity contribution in [3.63, 3.8) is 0 Å². The Balaban J connectivity index is 0.00000176. The predicted octanol–water partition coefficient (Wildman–Crippen LogP) is 3.71. The van der Waals surface area contributed by atoms with Gasteiger partial charge in [0.15, 0.2) is 0 Å². The highest BCUT2D eigenvalue weighted by Gasteiger charge is 2.25. The van der Waals surface area contributed by atoms with E-state index < -0.39 is 0 Å². The maximum atomic E-state index is 6.01. The van der Waals surface area contributed by atoms with Crippen LogP contribution in [0.25, 0.3) is 10.6 Å². The lowest BCUT2D eigenvalue weighted by molar-refractivity contribution is 0.305. The van der Waals surface area contributed by atoms with Gasteiger partial charge in [-0.2, -0.15) is 0 Å². The van der Waals surface area contributed by atoms with Gasteiger partial charge in [-0.3, -0.25) is 4.90 Å². The van der Waals surface area contributed by atoms with E-state index in [2.05, 4.69) is 48.4 Å². The summed E-state index contributed by atoms with van der Waals surface area (Å²) in [5.74, 6) is 0.639. The molecule has 0 amide bonds. The van der Waals surface area contributed by atoms with E-state index in [4.69, 9.17) is 10.7 Å². The third-order valence-electron chi connectivity index (χ3n) is 4.29. The summed E-state index contributed by atoms with van der Waals surface area (Å²) in [6.07, 6.45) is 1.21. The van der Waals surface area contributed by atoms with Gasteiger partial charge in [0.25, 0.3) is 0 Å². The van der Waals surface area contributed by atoms with Gasteiger partial charge in [0.05, 0.1) is 5.69 Å². The summed E-state index contributed by atoms with van der Waals surface area (Å²) in [5.41, 5.74) is 9.69. The molecule has 1 saturated heterocycles. The maximum Gasteiger partial charge on any atom is 0.123 e. The van der Waals surface area contributed by atoms with Crippen LogP contribution in [0.3, 0.4) is 0 Å². The van der Waals surface area contributed by atoms with Crippen LogP contribution in [0.5, 0.6) is 0 Å². The summed E-state index contributed by atoms with van der Waals surface area (Å²) >= 11 is 1.74. The lowest BCUT2D eigenvalue weighted by Gasteiger charge is -2.16. The summed E-state index contributed by atoms with van der Waals surface area (Å²) in [5, 5.41) is 3.31. The van der Waals surface area contributed by atoms with E-state index in [1.54, 1.807) is 11.3 Å². The van der Waals surface area contributed by atoms with Gasteiger partial charge >= 0.3 is 0 Å². The van der Waals surface area contributed by atoms with Gasteiger partial charge in [0.1, 0.15) is 5.01 Å². The molecule has 120 valence electrons. The van der Waals surface area contributed by atoms with Crippen LogP contribution in [0.1, 0.15) is 24.6 Å². The molecule has 2 atom stereocenters. The Bertz CT molecular complexity index is 594. The number of benzene rings is 1. The molecule has 5 heteroatoms. The van der Waals surface area contributed by atoms with Crippen molar-refractivity contribution in [2.45, 2.75) is 32.9 Å². The van der Waals surface area contributed by atoms with E-state index in [0.29, 0.717) is 12.0 Å². The molecule has 22 heavy (non-hydrogen) atoms. The zero-order chi connectivity index (χ0) is 14.8. The topological polar surface area (TPSA) is 42.2 Å². The van der Waals surface area contributed by atoms with E-state index in [-0.39, 0.29) is 12.4 Å². The highest BCUT2D eigenvalue weighted by Crippen LogP contribution is 2.26. The van der Waals surface area contributed by atoms with Crippen LogP contribution in [0.15, 0.2) is 29.6 Å². The Morgan fingerprint density at radius 1 is 1.36 bits per heavy atom. The highest BCUT2D eigenvalue weighted by atomic mass is 35.5. The zero-order valence-electron chi connectivity index (χ0n) is 13.2. The van der Waals surface area contributed by atoms with Crippen molar-refractivity contribution in [3.05, 3.63) is 40.9 Å². The van der Waals surface area contributed by atoms with E-state index >= 15 is 0 Å². The number of aromatic nitrogens is 1. The van der Waals surface area contributed by atoms with Crippen molar-refractivity contribution in [3.8, 4) is 10.6 Å². The van der Waals surface area contributed by atoms with E-state index in [9.17, 15) is 0 Å². The Morgan fingerprint density at radius 3 is 2.73 bits per heavy atom. The van der Waals surface area contributed by atoms with Crippen molar-refractivity contribution in [1.82, 2.24) is 9.88 Å². The minimum atomic E-state index is 0. The highest BCUT2D eigenvalue weighted by molar-refractivity contribution is 7.13. The molecule has 0 saturated carbocycles. The second-order valence-corrected chi connectivity index (χ2v) is 7.01. The number of thiazole rings is 1. The molecule has 0 spiro atoms. The molecule has 2 heterocycles. The normalized spacial score (nSPS) is 19.9. The number of nitrogens with two attached hydrogens (primary N) is 1. The van der Waals surface area contributed by atoms with Crippen molar-refractivity contribution < 1.29 is 0 Å². The fourth-order valence-corrected chi connectivity index (χ4v) is 3.69. The molecule has 2 aromatic rings. The number of nitrogens with zero attached hydrogens (tertiary/aromatic N) is 2. The number of hydrogen-bond donors (Lipinski definition) is 1. The van der Waals surface area contributed by atoms with Gasteiger partial charge in [0, 0.05) is 30.1 Å². The number of hydrogen-bond acceptors (Lipinski definition) is 4. The first-order valence-corrected chi connectivity index (χ1v) is 8.49. The fourth-order valence-electron chi connectivity index (χ4n) is 2.87. The van der Waals surface area contributed by atoms with Crippen molar-refractivity contribution in [1.29, 1.82) is 0 Å². The third kappa shape index (κ3) is 4.07. The molecule has 1 aliphatic rings. The first-order valence-electron chi connectivity index (χ1n) is 7.61. The standard InChI is InChI=1S/C17H23N3S.ClH/c1-12-3-5-14(6-4-12)17-19-16(11-21-17)10-20-8-7-15(9-20)13(2)18;/h3-6,11,13,15H,7-10,18H2,1-2H3;1H. The van der Waals surface area contributed by atoms with Gasteiger partial charge < -0.3 is 5.73 Å². The molecular formula is C17H24ClN3S. The molecule has 3 nitrogen and oxygen atoms in total. The van der Waals surface area contributed by atoms with Crippen LogP contribution in [-0.4, -0.2) is 29.0 Å². The molecule has 1 fully saturated rings. The molecule has 0 radical (unpaired) electrons. The Kier molecular flexibility index (Phi) is 5.98. The van der Waals surface area contributed by atoms with Crippen LogP contribution < -0.4 is 5.73 Å². The summed E-state index contributed by atoms with van der Waals surface area (Å²) in [4.78, 5) is 7.26. The van der Waals surface area contributed by atoms with Crippen molar-refractivity contribution >= 4 is 23.7 Å². The van der Waals surface area contributed by atoms with Gasteiger partial charge in [0.2, 0.25) is 0 Å². The van der Waals surface area contributed by atoms with Crippen LogP contribution in [0.2, 0.25) is 0 Å². The monoisotopic (exact) mass is 337 g/mol. The van der Waals surface area contributed by atoms with E-state index in [0.717, 1.165) is 24.6 Å². The summed E-state index contributed by atoms with van der Waals surface area (Å²) in [6, 6.07) is 8.89. The number of likely N-dealkylation sites (tertiary alicyclic amines) is 1. The first-order chi connectivity index (χ1) is 10.1. The summed E-state index contributed by atoms with van der Waals surface area (Å²) in [7, 11) is 0. The molecule has 2 N–H and O–H groups in total. The average molecular weight is 338 g/mol. The molecule has 1 aliphatic heterocycles. The molecule has 0 bridgehead atoms. The molecule has 1 aromatic carbocycles. The minimum Gasteiger partial charge on any atom is -0.328 e. The van der Waals surface area contributed by atoms with Crippen LogP contribution in [-0.2, 0) is 6.54 Å². The van der Waals surface area contributed by atoms with Crippen LogP contribution in [0.4, 0.5) is 0 Å². The lowest BCUT2D eigenvalue weighted by Crippen LogP contribution is -2.29. The maximum absolute atomic E-state index is 6.01. The van der Waals surface area contributed by atoms with Gasteiger partial charge in [-0.05, 0) is 32.7 Å². The van der Waals surface area contributed by atoms with Crippen LogP contribution >= 0.6 is 23.7 Å². The predicted molar refractivity (Wildman–Crippen MR) is 96.6 cm³/mol. The molecule has 0 aliphatic carbocycles. The largest absolute Gasteiger partial charge is 0.328 e.